The first-order chi connectivity index (χ1) is 17.1. The number of benzene rings is 2. The van der Waals surface area contributed by atoms with Gasteiger partial charge >= 0.3 is 0 Å². The first-order valence-corrected chi connectivity index (χ1v) is 11.5. The Morgan fingerprint density at radius 3 is 2.57 bits per heavy atom. The van der Waals surface area contributed by atoms with E-state index in [0.29, 0.717) is 24.2 Å². The summed E-state index contributed by atoms with van der Waals surface area (Å²) in [5, 5.41) is 1.07. The van der Waals surface area contributed by atoms with Gasteiger partial charge < -0.3 is 9.88 Å². The summed E-state index contributed by atoms with van der Waals surface area (Å²) >= 11 is 0. The summed E-state index contributed by atoms with van der Waals surface area (Å²) in [6, 6.07) is 18.1. The molecule has 172 valence electrons. The fourth-order valence-electron chi connectivity index (χ4n) is 4.84. The average Bonchev–Trinajstić information content (AvgIpc) is 3.44. The monoisotopic (exact) mass is 462 g/mol. The molecule has 2 aromatic carbocycles. The van der Waals surface area contributed by atoms with E-state index in [1.54, 1.807) is 29.3 Å². The number of aromatic nitrogens is 2. The smallest absolute Gasteiger partial charge is 0.261 e. The summed E-state index contributed by atoms with van der Waals surface area (Å²) in [7, 11) is 0. The van der Waals surface area contributed by atoms with E-state index in [9.17, 15) is 14.4 Å². The quantitative estimate of drug-likeness (QED) is 0.459. The zero-order valence-corrected chi connectivity index (χ0v) is 18.9. The summed E-state index contributed by atoms with van der Waals surface area (Å²) in [6.45, 7) is 1.26. The second-order valence-electron chi connectivity index (χ2n) is 8.77. The van der Waals surface area contributed by atoms with Crippen molar-refractivity contribution in [3.05, 3.63) is 107 Å². The predicted octanol–water partition coefficient (Wildman–Crippen LogP) is 4.29. The summed E-state index contributed by atoms with van der Waals surface area (Å²) in [5.41, 5.74) is 5.06. The lowest BCUT2D eigenvalue weighted by Crippen LogP contribution is -2.34. The van der Waals surface area contributed by atoms with Gasteiger partial charge in [0.2, 0.25) is 0 Å². The zero-order valence-electron chi connectivity index (χ0n) is 18.9. The minimum atomic E-state index is -0.364. The number of rotatable bonds is 4. The number of pyridine rings is 1. The molecule has 4 aromatic rings. The largest absolute Gasteiger partial charge is 0.346 e. The Balaban J connectivity index is 1.20. The van der Waals surface area contributed by atoms with Crippen molar-refractivity contribution in [2.75, 3.05) is 13.1 Å². The molecule has 0 fully saturated rings. The number of nitrogens with one attached hydrogen (secondary N) is 1. The van der Waals surface area contributed by atoms with Gasteiger partial charge in [0, 0.05) is 42.0 Å². The Bertz CT molecular complexity index is 1520. The molecule has 6 rings (SSSR count). The fraction of sp³-hybridized carbons (Fsp3) is 0.143. The third-order valence-corrected chi connectivity index (χ3v) is 6.69. The maximum atomic E-state index is 13.2. The van der Waals surface area contributed by atoms with E-state index in [1.165, 1.54) is 10.5 Å². The number of imide groups is 1. The molecule has 0 atom stereocenters. The van der Waals surface area contributed by atoms with Crippen molar-refractivity contribution in [3.8, 4) is 0 Å². The number of nitrogens with zero attached hydrogens (tertiary/aromatic N) is 3. The number of amides is 3. The van der Waals surface area contributed by atoms with Crippen LogP contribution in [0.1, 0.15) is 48.6 Å². The van der Waals surface area contributed by atoms with Crippen molar-refractivity contribution >= 4 is 34.3 Å². The van der Waals surface area contributed by atoms with Gasteiger partial charge in [0.25, 0.3) is 17.7 Å². The van der Waals surface area contributed by atoms with Crippen molar-refractivity contribution in [2.45, 2.75) is 13.0 Å². The molecular formula is C28H22N4O3. The zero-order chi connectivity index (χ0) is 23.9. The fourth-order valence-corrected chi connectivity index (χ4v) is 4.84. The van der Waals surface area contributed by atoms with E-state index >= 15 is 0 Å². The molecule has 7 nitrogen and oxygen atoms in total. The summed E-state index contributed by atoms with van der Waals surface area (Å²) in [5.74, 6) is -0.839. The lowest BCUT2D eigenvalue weighted by Gasteiger charge is -2.26. The molecule has 0 spiro atoms. The van der Waals surface area contributed by atoms with Gasteiger partial charge in [-0.15, -0.1) is 0 Å². The molecule has 7 heteroatoms. The van der Waals surface area contributed by atoms with Gasteiger partial charge in [0.1, 0.15) is 5.65 Å². The number of hydrogen-bond acceptors (Lipinski definition) is 4. The van der Waals surface area contributed by atoms with Crippen LogP contribution in [-0.4, -0.2) is 50.6 Å². The van der Waals surface area contributed by atoms with E-state index in [1.807, 2.05) is 48.7 Å². The Morgan fingerprint density at radius 1 is 0.943 bits per heavy atom. The van der Waals surface area contributed by atoms with Crippen LogP contribution in [0.15, 0.2) is 79.1 Å². The maximum absolute atomic E-state index is 13.2. The maximum Gasteiger partial charge on any atom is 0.261 e. The van der Waals surface area contributed by atoms with Crippen LogP contribution in [-0.2, 0) is 6.54 Å². The second-order valence-corrected chi connectivity index (χ2v) is 8.77. The van der Waals surface area contributed by atoms with E-state index in [2.05, 4.69) is 16.0 Å². The Hall–Kier alpha value is -4.52. The minimum absolute atomic E-state index is 0.148. The molecule has 2 aliphatic heterocycles. The van der Waals surface area contributed by atoms with Crippen molar-refractivity contribution in [1.29, 1.82) is 0 Å². The van der Waals surface area contributed by atoms with Gasteiger partial charge in [-0.1, -0.05) is 36.4 Å². The highest BCUT2D eigenvalue weighted by molar-refractivity contribution is 6.22. The van der Waals surface area contributed by atoms with Crippen molar-refractivity contribution in [1.82, 2.24) is 19.8 Å². The molecule has 0 bridgehead atoms. The average molecular weight is 463 g/mol. The first kappa shape index (κ1) is 21.0. The van der Waals surface area contributed by atoms with Crippen LogP contribution in [0.25, 0.3) is 16.6 Å². The molecule has 0 radical (unpaired) electrons. The topological polar surface area (TPSA) is 86.4 Å². The van der Waals surface area contributed by atoms with E-state index in [0.717, 1.165) is 28.6 Å². The minimum Gasteiger partial charge on any atom is -0.346 e. The van der Waals surface area contributed by atoms with Crippen LogP contribution in [0.5, 0.6) is 0 Å². The molecule has 35 heavy (non-hydrogen) atoms. The SMILES string of the molecule is O=C(c1ccc2c(c1)C(=O)N(Cc1ccccc1)C2=O)N1CC=C(c2c[nH]c3ncccc23)CC1. The van der Waals surface area contributed by atoms with Crippen molar-refractivity contribution < 1.29 is 14.4 Å². The normalized spacial score (nSPS) is 15.5. The Labute approximate surface area is 201 Å². The second kappa shape index (κ2) is 8.36. The van der Waals surface area contributed by atoms with Crippen LogP contribution in [0.3, 0.4) is 0 Å². The highest BCUT2D eigenvalue weighted by Crippen LogP contribution is 2.30. The van der Waals surface area contributed by atoms with Crippen LogP contribution in [0, 0.1) is 0 Å². The van der Waals surface area contributed by atoms with E-state index in [4.69, 9.17) is 0 Å². The number of carbonyl (C=O) groups excluding carboxylic acids is 3. The third kappa shape index (κ3) is 3.61. The molecular weight excluding hydrogens is 440 g/mol. The van der Waals surface area contributed by atoms with Gasteiger partial charge in [-0.2, -0.15) is 0 Å². The lowest BCUT2D eigenvalue weighted by molar-refractivity contribution is 0.0642. The molecule has 1 N–H and O–H groups in total. The van der Waals surface area contributed by atoms with Crippen LogP contribution in [0.4, 0.5) is 0 Å². The van der Waals surface area contributed by atoms with Crippen LogP contribution in [0.2, 0.25) is 0 Å². The predicted molar refractivity (Wildman–Crippen MR) is 132 cm³/mol. The van der Waals surface area contributed by atoms with Gasteiger partial charge in [-0.25, -0.2) is 4.98 Å². The Morgan fingerprint density at radius 2 is 1.77 bits per heavy atom. The van der Waals surface area contributed by atoms with Gasteiger partial charge in [0.15, 0.2) is 0 Å². The van der Waals surface area contributed by atoms with Crippen molar-refractivity contribution in [2.24, 2.45) is 0 Å². The standard InChI is InChI=1S/C28H22N4O3/c33-26(31-13-10-19(11-14-31)24-16-30-25-21(24)7-4-12-29-25)20-8-9-22-23(15-20)28(35)32(27(22)34)17-18-5-2-1-3-6-18/h1-10,12,15-16H,11,13-14,17H2,(H,29,30). The highest BCUT2D eigenvalue weighted by Gasteiger charge is 2.36. The number of aromatic amines is 1. The number of carbonyl (C=O) groups is 3. The number of H-pyrrole nitrogens is 1. The summed E-state index contributed by atoms with van der Waals surface area (Å²) in [4.78, 5) is 49.6. The Kier molecular flexibility index (Phi) is 5.03. The first-order valence-electron chi connectivity index (χ1n) is 11.5. The van der Waals surface area contributed by atoms with E-state index in [-0.39, 0.29) is 29.8 Å². The molecule has 3 amide bonds. The lowest BCUT2D eigenvalue weighted by atomic mass is 9.98. The van der Waals surface area contributed by atoms with Gasteiger partial charge in [0.05, 0.1) is 17.7 Å². The molecule has 0 unspecified atom stereocenters. The summed E-state index contributed by atoms with van der Waals surface area (Å²) < 4.78 is 0. The number of fused-ring (bicyclic) bond motifs is 2. The summed E-state index contributed by atoms with van der Waals surface area (Å²) in [6.07, 6.45) is 6.51. The van der Waals surface area contributed by atoms with Crippen molar-refractivity contribution in [3.63, 3.8) is 0 Å². The third-order valence-electron chi connectivity index (χ3n) is 6.69. The number of hydrogen-bond donors (Lipinski definition) is 1. The van der Waals surface area contributed by atoms with Crippen LogP contribution < -0.4 is 0 Å². The van der Waals surface area contributed by atoms with Crippen LogP contribution >= 0.6 is 0 Å². The van der Waals surface area contributed by atoms with E-state index < -0.39 is 0 Å². The molecule has 4 heterocycles. The van der Waals surface area contributed by atoms with Gasteiger partial charge in [-0.3, -0.25) is 19.3 Å². The highest BCUT2D eigenvalue weighted by atomic mass is 16.2. The molecule has 0 saturated heterocycles. The molecule has 2 aliphatic rings. The molecule has 0 saturated carbocycles. The molecule has 0 aliphatic carbocycles. The van der Waals surface area contributed by atoms with Gasteiger partial charge in [-0.05, 0) is 47.9 Å². The molecule has 2 aromatic heterocycles.